The molecule has 1 N–H and O–H groups in total. The molecule has 2 atom stereocenters. The minimum atomic E-state index is -0.184. The van der Waals surface area contributed by atoms with Crippen molar-refractivity contribution in [2.45, 2.75) is 58.5 Å². The lowest BCUT2D eigenvalue weighted by Crippen LogP contribution is -2.36. The summed E-state index contributed by atoms with van der Waals surface area (Å²) in [6, 6.07) is 4.38. The second-order valence-electron chi connectivity index (χ2n) is 7.07. The van der Waals surface area contributed by atoms with E-state index in [9.17, 15) is 4.79 Å². The summed E-state index contributed by atoms with van der Waals surface area (Å²) in [6.45, 7) is 6.41. The van der Waals surface area contributed by atoms with Gasteiger partial charge in [0.05, 0.1) is 12.2 Å². The maximum Gasteiger partial charge on any atom is 0.326 e. The molecule has 0 unspecified atom stereocenters. The Balaban J connectivity index is 1.43. The Morgan fingerprint density at radius 2 is 2.08 bits per heavy atom. The quantitative estimate of drug-likeness (QED) is 0.892. The van der Waals surface area contributed by atoms with Crippen molar-refractivity contribution in [3.05, 3.63) is 35.1 Å². The molecule has 2 aliphatic rings. The molecule has 2 amide bonds. The first kappa shape index (κ1) is 15.3. The monoisotopic (exact) mass is 329 g/mol. The highest BCUT2D eigenvalue weighted by Crippen LogP contribution is 2.47. The molecule has 2 saturated carbocycles. The van der Waals surface area contributed by atoms with Crippen molar-refractivity contribution in [3.8, 4) is 0 Å². The van der Waals surface area contributed by atoms with Gasteiger partial charge in [-0.25, -0.2) is 4.79 Å². The van der Waals surface area contributed by atoms with Gasteiger partial charge in [0.1, 0.15) is 17.3 Å². The largest absolute Gasteiger partial charge is 0.464 e. The molecule has 6 heteroatoms. The van der Waals surface area contributed by atoms with E-state index in [4.69, 9.17) is 8.83 Å². The zero-order valence-electron chi connectivity index (χ0n) is 14.3. The minimum absolute atomic E-state index is 0.184. The summed E-state index contributed by atoms with van der Waals surface area (Å²) in [6.07, 6.45) is 3.26. The van der Waals surface area contributed by atoms with Crippen molar-refractivity contribution in [1.82, 2.24) is 9.88 Å². The Bertz CT molecular complexity index is 740. The Morgan fingerprint density at radius 1 is 1.33 bits per heavy atom. The van der Waals surface area contributed by atoms with Crippen molar-refractivity contribution in [3.63, 3.8) is 0 Å². The molecule has 0 aromatic carbocycles. The number of nitrogens with one attached hydrogen (secondary N) is 1. The molecule has 2 aromatic heterocycles. The Labute approximate surface area is 141 Å². The highest BCUT2D eigenvalue weighted by Gasteiger charge is 2.37. The second kappa shape index (κ2) is 5.69. The van der Waals surface area contributed by atoms with Crippen LogP contribution in [0.5, 0.6) is 0 Å². The van der Waals surface area contributed by atoms with Crippen LogP contribution in [-0.2, 0) is 6.54 Å². The van der Waals surface area contributed by atoms with E-state index in [1.165, 1.54) is 6.42 Å². The third-order valence-electron chi connectivity index (χ3n) is 4.97. The van der Waals surface area contributed by atoms with Crippen LogP contribution in [0.4, 0.5) is 10.8 Å². The highest BCUT2D eigenvalue weighted by molar-refractivity contribution is 5.87. The molecule has 0 saturated heterocycles. The highest BCUT2D eigenvalue weighted by atomic mass is 16.4. The van der Waals surface area contributed by atoms with Gasteiger partial charge >= 0.3 is 12.0 Å². The molecule has 0 aliphatic heterocycles. The third kappa shape index (κ3) is 3.05. The summed E-state index contributed by atoms with van der Waals surface area (Å²) in [5.74, 6) is 3.87. The standard InChI is InChI=1S/C18H23N3O3/c1-10-8-15(10)16-7-6-14(24-16)9-21(13-4-5-13)18(22)20-17-19-11(2)12(3)23-17/h6-7,10,13,15H,4-5,8-9H2,1-3H3,(H,19,20,22)/t10-,15+/m1/s1. The van der Waals surface area contributed by atoms with Crippen LogP contribution >= 0.6 is 0 Å². The Morgan fingerprint density at radius 3 is 2.67 bits per heavy atom. The van der Waals surface area contributed by atoms with Gasteiger partial charge in [0.15, 0.2) is 0 Å². The normalized spacial score (nSPS) is 22.5. The second-order valence-corrected chi connectivity index (χ2v) is 7.07. The van der Waals surface area contributed by atoms with Gasteiger partial charge in [-0.05, 0) is 51.2 Å². The SMILES string of the molecule is Cc1nc(NC(=O)N(Cc2ccc([C@H]3C[C@H]3C)o2)C2CC2)oc1C. The van der Waals surface area contributed by atoms with Crippen molar-refractivity contribution in [1.29, 1.82) is 0 Å². The zero-order chi connectivity index (χ0) is 16.8. The average molecular weight is 329 g/mol. The van der Waals surface area contributed by atoms with Gasteiger partial charge in [-0.2, -0.15) is 4.98 Å². The van der Waals surface area contributed by atoms with Crippen LogP contribution in [0.2, 0.25) is 0 Å². The Kier molecular flexibility index (Phi) is 3.62. The number of carbonyl (C=O) groups is 1. The molecule has 0 bridgehead atoms. The molecule has 2 fully saturated rings. The van der Waals surface area contributed by atoms with Gasteiger partial charge in [0.25, 0.3) is 0 Å². The summed E-state index contributed by atoms with van der Waals surface area (Å²) in [4.78, 5) is 18.6. The summed E-state index contributed by atoms with van der Waals surface area (Å²) in [7, 11) is 0. The number of aromatic nitrogens is 1. The van der Waals surface area contributed by atoms with E-state index in [1.54, 1.807) is 0 Å². The number of amides is 2. The number of hydrogen-bond acceptors (Lipinski definition) is 4. The fraction of sp³-hybridized carbons (Fsp3) is 0.556. The van der Waals surface area contributed by atoms with Crippen molar-refractivity contribution < 1.29 is 13.6 Å². The summed E-state index contributed by atoms with van der Waals surface area (Å²) in [5.41, 5.74) is 0.789. The van der Waals surface area contributed by atoms with Crippen LogP contribution in [0.3, 0.4) is 0 Å². The molecule has 2 aliphatic carbocycles. The van der Waals surface area contributed by atoms with Gasteiger partial charge in [0, 0.05) is 12.0 Å². The van der Waals surface area contributed by atoms with Crippen LogP contribution in [0.1, 0.15) is 55.1 Å². The van der Waals surface area contributed by atoms with E-state index in [1.807, 2.05) is 30.9 Å². The number of aryl methyl sites for hydroxylation is 2. The molecule has 128 valence electrons. The topological polar surface area (TPSA) is 71.5 Å². The first-order chi connectivity index (χ1) is 11.5. The number of urea groups is 1. The van der Waals surface area contributed by atoms with Crippen LogP contribution in [0.15, 0.2) is 21.0 Å². The minimum Gasteiger partial charge on any atom is -0.464 e. The predicted molar refractivity (Wildman–Crippen MR) is 88.8 cm³/mol. The molecule has 0 spiro atoms. The smallest absolute Gasteiger partial charge is 0.326 e. The number of hydrogen-bond donors (Lipinski definition) is 1. The van der Waals surface area contributed by atoms with Crippen LogP contribution in [-0.4, -0.2) is 22.0 Å². The number of carbonyl (C=O) groups excluding carboxylic acids is 1. The van der Waals surface area contributed by atoms with Crippen LogP contribution < -0.4 is 5.32 Å². The zero-order valence-corrected chi connectivity index (χ0v) is 14.3. The maximum absolute atomic E-state index is 12.6. The van der Waals surface area contributed by atoms with Gasteiger partial charge in [-0.15, -0.1) is 0 Å². The predicted octanol–water partition coefficient (Wildman–Crippen LogP) is 4.20. The van der Waals surface area contributed by atoms with Gasteiger partial charge in [-0.3, -0.25) is 5.32 Å². The summed E-state index contributed by atoms with van der Waals surface area (Å²) < 4.78 is 11.4. The van der Waals surface area contributed by atoms with E-state index >= 15 is 0 Å². The molecule has 6 nitrogen and oxygen atoms in total. The molecular weight excluding hydrogens is 306 g/mol. The number of nitrogens with zero attached hydrogens (tertiary/aromatic N) is 2. The van der Waals surface area contributed by atoms with E-state index in [0.29, 0.717) is 18.4 Å². The van der Waals surface area contributed by atoms with Gasteiger partial charge < -0.3 is 13.7 Å². The first-order valence-electron chi connectivity index (χ1n) is 8.61. The number of rotatable bonds is 5. The summed E-state index contributed by atoms with van der Waals surface area (Å²) in [5, 5.41) is 2.76. The maximum atomic E-state index is 12.6. The van der Waals surface area contributed by atoms with Gasteiger partial charge in [0.2, 0.25) is 0 Å². The molecule has 2 heterocycles. The molecule has 4 rings (SSSR count). The van der Waals surface area contributed by atoms with Crippen molar-refractivity contribution in [2.24, 2.45) is 5.92 Å². The van der Waals surface area contributed by atoms with E-state index in [0.717, 1.165) is 35.8 Å². The van der Waals surface area contributed by atoms with Crippen LogP contribution in [0.25, 0.3) is 0 Å². The first-order valence-corrected chi connectivity index (χ1v) is 8.61. The fourth-order valence-electron chi connectivity index (χ4n) is 3.01. The van der Waals surface area contributed by atoms with Crippen molar-refractivity contribution >= 4 is 12.0 Å². The molecular formula is C18H23N3O3. The Hall–Kier alpha value is -2.24. The fourth-order valence-corrected chi connectivity index (χ4v) is 3.01. The summed E-state index contributed by atoms with van der Waals surface area (Å²) >= 11 is 0. The number of furan rings is 1. The van der Waals surface area contributed by atoms with Gasteiger partial charge in [-0.1, -0.05) is 6.92 Å². The average Bonchev–Trinajstić information content (AvgIpc) is 3.43. The van der Waals surface area contributed by atoms with E-state index in [2.05, 4.69) is 17.2 Å². The lowest BCUT2D eigenvalue weighted by molar-refractivity contribution is 0.199. The van der Waals surface area contributed by atoms with E-state index in [-0.39, 0.29) is 18.1 Å². The van der Waals surface area contributed by atoms with Crippen LogP contribution in [0, 0.1) is 19.8 Å². The number of anilines is 1. The molecule has 2 aromatic rings. The molecule has 0 radical (unpaired) electrons. The van der Waals surface area contributed by atoms with Crippen molar-refractivity contribution in [2.75, 3.05) is 5.32 Å². The molecule has 24 heavy (non-hydrogen) atoms. The third-order valence-corrected chi connectivity index (χ3v) is 4.97. The van der Waals surface area contributed by atoms with E-state index < -0.39 is 0 Å². The number of oxazole rings is 1. The lowest BCUT2D eigenvalue weighted by Gasteiger charge is -2.20. The lowest BCUT2D eigenvalue weighted by atomic mass is 10.3.